The Bertz CT molecular complexity index is 312. The van der Waals surface area contributed by atoms with Gasteiger partial charge in [-0.15, -0.1) is 0 Å². The van der Waals surface area contributed by atoms with Crippen LogP contribution in [0, 0.1) is 5.41 Å². The zero-order valence-corrected chi connectivity index (χ0v) is 12.2. The molecule has 0 aromatic heterocycles. The minimum Gasteiger partial charge on any atom is -0.390 e. The van der Waals surface area contributed by atoms with Crippen molar-refractivity contribution in [2.24, 2.45) is 11.1 Å². The molecule has 0 unspecified atom stereocenters. The van der Waals surface area contributed by atoms with Crippen LogP contribution in [-0.4, -0.2) is 41.1 Å². The molecule has 1 amide bonds. The largest absolute Gasteiger partial charge is 0.390 e. The van der Waals surface area contributed by atoms with Gasteiger partial charge in [0.05, 0.1) is 5.60 Å². The molecule has 0 bridgehead atoms. The van der Waals surface area contributed by atoms with Crippen molar-refractivity contribution in [1.29, 1.82) is 0 Å². The molecule has 0 aromatic carbocycles. The highest BCUT2D eigenvalue weighted by molar-refractivity contribution is 5.77. The summed E-state index contributed by atoms with van der Waals surface area (Å²) in [6.07, 6.45) is 7.87. The van der Waals surface area contributed by atoms with E-state index in [0.717, 1.165) is 12.8 Å². The monoisotopic (exact) mass is 268 g/mol. The van der Waals surface area contributed by atoms with Crippen LogP contribution in [0.15, 0.2) is 0 Å². The van der Waals surface area contributed by atoms with E-state index in [1.807, 2.05) is 11.8 Å². The van der Waals surface area contributed by atoms with Crippen LogP contribution < -0.4 is 5.73 Å². The summed E-state index contributed by atoms with van der Waals surface area (Å²) < 4.78 is 0. The Hall–Kier alpha value is -0.610. The molecule has 19 heavy (non-hydrogen) atoms. The number of hydrogen-bond donors (Lipinski definition) is 2. The fraction of sp³-hybridized carbons (Fsp3) is 0.933. The third kappa shape index (κ3) is 3.69. The first-order valence-electron chi connectivity index (χ1n) is 7.67. The van der Waals surface area contributed by atoms with E-state index in [1.54, 1.807) is 0 Å². The van der Waals surface area contributed by atoms with Crippen LogP contribution in [-0.2, 0) is 4.79 Å². The van der Waals surface area contributed by atoms with Gasteiger partial charge in [0.1, 0.15) is 0 Å². The van der Waals surface area contributed by atoms with Gasteiger partial charge in [-0.2, -0.15) is 0 Å². The maximum absolute atomic E-state index is 12.4. The first-order chi connectivity index (χ1) is 8.96. The molecule has 1 saturated heterocycles. The van der Waals surface area contributed by atoms with Crippen molar-refractivity contribution in [2.75, 3.05) is 19.6 Å². The van der Waals surface area contributed by atoms with Gasteiger partial charge in [0, 0.05) is 19.5 Å². The predicted octanol–water partition coefficient (Wildman–Crippen LogP) is 1.66. The van der Waals surface area contributed by atoms with Crippen molar-refractivity contribution in [3.8, 4) is 0 Å². The van der Waals surface area contributed by atoms with Crippen molar-refractivity contribution in [1.82, 2.24) is 4.90 Å². The van der Waals surface area contributed by atoms with Gasteiger partial charge in [-0.1, -0.05) is 19.3 Å². The van der Waals surface area contributed by atoms with Gasteiger partial charge in [-0.3, -0.25) is 4.79 Å². The number of amides is 1. The van der Waals surface area contributed by atoms with Gasteiger partial charge in [-0.25, -0.2) is 0 Å². The van der Waals surface area contributed by atoms with E-state index in [2.05, 4.69) is 0 Å². The smallest absolute Gasteiger partial charge is 0.223 e. The van der Waals surface area contributed by atoms with Crippen molar-refractivity contribution in [3.05, 3.63) is 0 Å². The average molecular weight is 268 g/mol. The van der Waals surface area contributed by atoms with E-state index in [9.17, 15) is 9.90 Å². The quantitative estimate of drug-likeness (QED) is 0.818. The van der Waals surface area contributed by atoms with Crippen LogP contribution >= 0.6 is 0 Å². The molecule has 1 aliphatic heterocycles. The Morgan fingerprint density at radius 3 is 2.26 bits per heavy atom. The van der Waals surface area contributed by atoms with Crippen LogP contribution in [0.4, 0.5) is 0 Å². The molecular formula is C15H28N2O2. The van der Waals surface area contributed by atoms with E-state index in [4.69, 9.17) is 5.73 Å². The summed E-state index contributed by atoms with van der Waals surface area (Å²) in [4.78, 5) is 14.4. The average Bonchev–Trinajstić information content (AvgIpc) is 2.39. The second-order valence-electron chi connectivity index (χ2n) is 6.82. The van der Waals surface area contributed by atoms with Crippen molar-refractivity contribution >= 4 is 5.91 Å². The number of likely N-dealkylation sites (tertiary alicyclic amines) is 1. The second kappa shape index (κ2) is 5.80. The van der Waals surface area contributed by atoms with E-state index in [-0.39, 0.29) is 11.3 Å². The zero-order chi connectivity index (χ0) is 13.9. The van der Waals surface area contributed by atoms with E-state index < -0.39 is 5.60 Å². The van der Waals surface area contributed by atoms with Crippen molar-refractivity contribution in [2.45, 2.75) is 63.9 Å². The molecule has 1 heterocycles. The van der Waals surface area contributed by atoms with Crippen LogP contribution in [0.25, 0.3) is 0 Å². The maximum Gasteiger partial charge on any atom is 0.223 e. The fourth-order valence-electron chi connectivity index (χ4n) is 3.43. The van der Waals surface area contributed by atoms with E-state index in [0.29, 0.717) is 38.9 Å². The van der Waals surface area contributed by atoms with Crippen molar-refractivity contribution < 1.29 is 9.90 Å². The predicted molar refractivity (Wildman–Crippen MR) is 75.6 cm³/mol. The number of nitrogens with zero attached hydrogens (tertiary/aromatic N) is 1. The number of hydrogen-bond acceptors (Lipinski definition) is 3. The standard InChI is InChI=1S/C15H28N2O2/c1-14(19)7-9-17(10-8-14)13(18)11-15(12-16)5-3-2-4-6-15/h19H,2-12,16H2,1H3. The summed E-state index contributed by atoms with van der Waals surface area (Å²) in [7, 11) is 0. The van der Waals surface area contributed by atoms with Gasteiger partial charge in [0.15, 0.2) is 0 Å². The highest BCUT2D eigenvalue weighted by Crippen LogP contribution is 2.39. The Labute approximate surface area is 116 Å². The molecule has 0 atom stereocenters. The molecule has 0 radical (unpaired) electrons. The normalized spacial score (nSPS) is 26.2. The Kier molecular flexibility index (Phi) is 4.51. The summed E-state index contributed by atoms with van der Waals surface area (Å²) in [5.41, 5.74) is 5.41. The molecule has 2 rings (SSSR count). The Balaban J connectivity index is 1.89. The van der Waals surface area contributed by atoms with Gasteiger partial charge < -0.3 is 15.7 Å². The van der Waals surface area contributed by atoms with Gasteiger partial charge >= 0.3 is 0 Å². The third-order valence-electron chi connectivity index (χ3n) is 5.07. The van der Waals surface area contributed by atoms with E-state index >= 15 is 0 Å². The Morgan fingerprint density at radius 1 is 1.16 bits per heavy atom. The SMILES string of the molecule is CC1(O)CCN(C(=O)CC2(CN)CCCCC2)CC1. The molecular weight excluding hydrogens is 240 g/mol. The summed E-state index contributed by atoms with van der Waals surface area (Å²) in [5.74, 6) is 0.239. The number of nitrogens with two attached hydrogens (primary N) is 1. The lowest BCUT2D eigenvalue weighted by atomic mass is 9.71. The highest BCUT2D eigenvalue weighted by Gasteiger charge is 2.36. The second-order valence-corrected chi connectivity index (χ2v) is 6.82. The number of rotatable bonds is 3. The highest BCUT2D eigenvalue weighted by atomic mass is 16.3. The fourth-order valence-corrected chi connectivity index (χ4v) is 3.43. The van der Waals surface area contributed by atoms with Gasteiger partial charge in [0.25, 0.3) is 0 Å². The summed E-state index contributed by atoms with van der Waals surface area (Å²) in [6, 6.07) is 0. The first kappa shape index (κ1) is 14.8. The number of aliphatic hydroxyl groups is 1. The molecule has 2 aliphatic rings. The summed E-state index contributed by atoms with van der Waals surface area (Å²) in [6.45, 7) is 3.86. The molecule has 1 saturated carbocycles. The molecule has 2 fully saturated rings. The van der Waals surface area contributed by atoms with Crippen LogP contribution in [0.5, 0.6) is 0 Å². The van der Waals surface area contributed by atoms with Gasteiger partial charge in [-0.05, 0) is 44.6 Å². The van der Waals surface area contributed by atoms with Crippen LogP contribution in [0.3, 0.4) is 0 Å². The minimum atomic E-state index is -0.590. The topological polar surface area (TPSA) is 66.6 Å². The third-order valence-corrected chi connectivity index (χ3v) is 5.07. The molecule has 110 valence electrons. The van der Waals surface area contributed by atoms with Crippen LogP contribution in [0.2, 0.25) is 0 Å². The zero-order valence-electron chi connectivity index (χ0n) is 12.2. The molecule has 0 spiro atoms. The Morgan fingerprint density at radius 2 is 1.74 bits per heavy atom. The number of carbonyl (C=O) groups is 1. The van der Waals surface area contributed by atoms with E-state index in [1.165, 1.54) is 19.3 Å². The lowest BCUT2D eigenvalue weighted by Crippen LogP contribution is -2.47. The molecule has 4 heteroatoms. The lowest BCUT2D eigenvalue weighted by molar-refractivity contribution is -0.137. The minimum absolute atomic E-state index is 0.0509. The lowest BCUT2D eigenvalue weighted by Gasteiger charge is -2.40. The molecule has 4 nitrogen and oxygen atoms in total. The molecule has 1 aliphatic carbocycles. The number of piperidine rings is 1. The molecule has 3 N–H and O–H groups in total. The summed E-state index contributed by atoms with van der Waals surface area (Å²) in [5, 5.41) is 9.93. The summed E-state index contributed by atoms with van der Waals surface area (Å²) >= 11 is 0. The van der Waals surface area contributed by atoms with Gasteiger partial charge in [0.2, 0.25) is 5.91 Å². The van der Waals surface area contributed by atoms with Crippen molar-refractivity contribution in [3.63, 3.8) is 0 Å². The van der Waals surface area contributed by atoms with Crippen LogP contribution in [0.1, 0.15) is 58.3 Å². The first-order valence-corrected chi connectivity index (χ1v) is 7.67. The number of carbonyl (C=O) groups excluding carboxylic acids is 1. The maximum atomic E-state index is 12.4. The molecule has 0 aromatic rings.